The summed E-state index contributed by atoms with van der Waals surface area (Å²) in [7, 11) is 1.33. The molecule has 0 spiro atoms. The molecule has 0 amide bonds. The molecule has 0 bridgehead atoms. The van der Waals surface area contributed by atoms with Crippen LogP contribution in [0.1, 0.15) is 28.0 Å². The fourth-order valence-corrected chi connectivity index (χ4v) is 3.60. The van der Waals surface area contributed by atoms with Gasteiger partial charge in [0.15, 0.2) is 11.3 Å². The molecule has 8 heteroatoms. The van der Waals surface area contributed by atoms with Gasteiger partial charge in [0.2, 0.25) is 0 Å². The number of ether oxygens (including phenoxy) is 1. The number of pyridine rings is 1. The minimum Gasteiger partial charge on any atom is -0.464 e. The number of nitrogens with one attached hydrogen (secondary N) is 1. The van der Waals surface area contributed by atoms with Gasteiger partial charge in [0.05, 0.1) is 17.3 Å². The van der Waals surface area contributed by atoms with E-state index in [0.717, 1.165) is 0 Å². The fourth-order valence-electron chi connectivity index (χ4n) is 2.45. The molecule has 0 aliphatic carbocycles. The van der Waals surface area contributed by atoms with Gasteiger partial charge < -0.3 is 20.2 Å². The average Bonchev–Trinajstić information content (AvgIpc) is 3.21. The summed E-state index contributed by atoms with van der Waals surface area (Å²) in [5, 5.41) is 5.34. The van der Waals surface area contributed by atoms with Gasteiger partial charge in [-0.3, -0.25) is 0 Å². The SMILES string of the molecule is COC(=O)c1cc(NCc2cccs2)c2oc(C[C@H](C)N)c(Br)c2n1. The van der Waals surface area contributed by atoms with E-state index in [9.17, 15) is 4.79 Å². The van der Waals surface area contributed by atoms with Crippen molar-refractivity contribution in [3.05, 3.63) is 44.4 Å². The first-order valence-electron chi connectivity index (χ1n) is 7.71. The third kappa shape index (κ3) is 3.86. The largest absolute Gasteiger partial charge is 0.464 e. The molecule has 0 radical (unpaired) electrons. The van der Waals surface area contributed by atoms with Gasteiger partial charge in [-0.1, -0.05) is 6.07 Å². The normalized spacial score (nSPS) is 12.3. The van der Waals surface area contributed by atoms with Crippen molar-refractivity contribution in [1.82, 2.24) is 4.98 Å². The molecule has 0 fully saturated rings. The van der Waals surface area contributed by atoms with Crippen LogP contribution in [0.2, 0.25) is 0 Å². The fraction of sp³-hybridized carbons (Fsp3) is 0.294. The Balaban J connectivity index is 2.05. The lowest BCUT2D eigenvalue weighted by Gasteiger charge is -2.07. The number of aromatic nitrogens is 1. The summed E-state index contributed by atoms with van der Waals surface area (Å²) in [5.41, 5.74) is 7.96. The van der Waals surface area contributed by atoms with Crippen LogP contribution in [-0.2, 0) is 17.7 Å². The number of carbonyl (C=O) groups excluding carboxylic acids is 1. The van der Waals surface area contributed by atoms with Gasteiger partial charge in [0.1, 0.15) is 11.3 Å². The zero-order chi connectivity index (χ0) is 18.0. The number of rotatable bonds is 6. The van der Waals surface area contributed by atoms with Crippen molar-refractivity contribution >= 4 is 50.0 Å². The van der Waals surface area contributed by atoms with Crippen molar-refractivity contribution in [3.8, 4) is 0 Å². The third-order valence-electron chi connectivity index (χ3n) is 3.59. The van der Waals surface area contributed by atoms with Crippen LogP contribution in [0.5, 0.6) is 0 Å². The van der Waals surface area contributed by atoms with E-state index in [0.29, 0.717) is 40.0 Å². The highest BCUT2D eigenvalue weighted by molar-refractivity contribution is 9.10. The van der Waals surface area contributed by atoms with Crippen LogP contribution in [-0.4, -0.2) is 24.1 Å². The predicted molar refractivity (Wildman–Crippen MR) is 102 cm³/mol. The highest BCUT2D eigenvalue weighted by Gasteiger charge is 2.21. The molecule has 3 heterocycles. The molecule has 132 valence electrons. The molecule has 0 aliphatic heterocycles. The number of anilines is 1. The summed E-state index contributed by atoms with van der Waals surface area (Å²) in [6.45, 7) is 2.53. The first-order valence-corrected chi connectivity index (χ1v) is 9.39. The lowest BCUT2D eigenvalue weighted by Crippen LogP contribution is -2.17. The number of halogens is 1. The maximum Gasteiger partial charge on any atom is 0.356 e. The molecule has 6 nitrogen and oxygen atoms in total. The van der Waals surface area contributed by atoms with Gasteiger partial charge in [0, 0.05) is 23.9 Å². The summed E-state index contributed by atoms with van der Waals surface area (Å²) in [5.74, 6) is 0.210. The Kier molecular flexibility index (Phi) is 5.41. The standard InChI is InChI=1S/C17H18BrN3O3S/c1-9(19)6-13-14(18)15-16(24-13)11(7-12(21-15)17(22)23-2)20-8-10-4-3-5-25-10/h3-5,7,9H,6,8,19H2,1-2H3,(H,20,21)/t9-/m0/s1. The van der Waals surface area contributed by atoms with E-state index in [-0.39, 0.29) is 11.7 Å². The average molecular weight is 424 g/mol. The summed E-state index contributed by atoms with van der Waals surface area (Å²) in [4.78, 5) is 17.5. The minimum absolute atomic E-state index is 0.0560. The van der Waals surface area contributed by atoms with Gasteiger partial charge in [-0.05, 0) is 40.4 Å². The van der Waals surface area contributed by atoms with Crippen molar-refractivity contribution in [1.29, 1.82) is 0 Å². The Morgan fingerprint density at radius 2 is 2.36 bits per heavy atom. The monoisotopic (exact) mass is 423 g/mol. The number of fused-ring (bicyclic) bond motifs is 1. The smallest absolute Gasteiger partial charge is 0.356 e. The second kappa shape index (κ2) is 7.55. The lowest BCUT2D eigenvalue weighted by atomic mass is 10.2. The summed E-state index contributed by atoms with van der Waals surface area (Å²) >= 11 is 5.17. The Morgan fingerprint density at radius 3 is 3.00 bits per heavy atom. The maximum absolute atomic E-state index is 12.0. The second-order valence-electron chi connectivity index (χ2n) is 5.68. The van der Waals surface area contributed by atoms with E-state index in [4.69, 9.17) is 14.9 Å². The number of furan rings is 1. The second-order valence-corrected chi connectivity index (χ2v) is 7.50. The van der Waals surface area contributed by atoms with Gasteiger partial charge in [-0.2, -0.15) is 0 Å². The van der Waals surface area contributed by atoms with Gasteiger partial charge in [0.25, 0.3) is 0 Å². The number of hydrogen-bond acceptors (Lipinski definition) is 7. The number of esters is 1. The maximum atomic E-state index is 12.0. The van der Waals surface area contributed by atoms with E-state index >= 15 is 0 Å². The van der Waals surface area contributed by atoms with Crippen molar-refractivity contribution in [2.75, 3.05) is 12.4 Å². The molecule has 3 aromatic heterocycles. The van der Waals surface area contributed by atoms with Crippen LogP contribution >= 0.6 is 27.3 Å². The highest BCUT2D eigenvalue weighted by Crippen LogP contribution is 2.35. The van der Waals surface area contributed by atoms with Crippen LogP contribution in [0.15, 0.2) is 32.5 Å². The quantitative estimate of drug-likeness (QED) is 0.583. The predicted octanol–water partition coefficient (Wildman–Crippen LogP) is 3.94. The molecule has 3 aromatic rings. The topological polar surface area (TPSA) is 90.4 Å². The van der Waals surface area contributed by atoms with Crippen LogP contribution in [0, 0.1) is 0 Å². The van der Waals surface area contributed by atoms with E-state index in [1.54, 1.807) is 17.4 Å². The zero-order valence-corrected chi connectivity index (χ0v) is 16.2. The number of methoxy groups -OCH3 is 1. The number of thiophene rings is 1. The molecule has 25 heavy (non-hydrogen) atoms. The van der Waals surface area contributed by atoms with Crippen LogP contribution < -0.4 is 11.1 Å². The van der Waals surface area contributed by atoms with E-state index in [1.807, 2.05) is 24.4 Å². The molecule has 0 aromatic carbocycles. The minimum atomic E-state index is -0.497. The molecule has 3 N–H and O–H groups in total. The molecule has 0 saturated heterocycles. The van der Waals surface area contributed by atoms with Crippen LogP contribution in [0.3, 0.4) is 0 Å². The molecular weight excluding hydrogens is 406 g/mol. The van der Waals surface area contributed by atoms with Crippen LogP contribution in [0.4, 0.5) is 5.69 Å². The Labute approximate surface area is 157 Å². The van der Waals surface area contributed by atoms with Gasteiger partial charge in [-0.15, -0.1) is 11.3 Å². The van der Waals surface area contributed by atoms with Crippen molar-refractivity contribution in [2.24, 2.45) is 5.73 Å². The van der Waals surface area contributed by atoms with Crippen LogP contribution in [0.25, 0.3) is 11.1 Å². The lowest BCUT2D eigenvalue weighted by molar-refractivity contribution is 0.0594. The van der Waals surface area contributed by atoms with Gasteiger partial charge in [-0.25, -0.2) is 9.78 Å². The number of nitrogens with zero attached hydrogens (tertiary/aromatic N) is 1. The summed E-state index contributed by atoms with van der Waals surface area (Å²) in [6, 6.07) is 5.62. The summed E-state index contributed by atoms with van der Waals surface area (Å²) in [6.07, 6.45) is 0.564. The molecule has 0 saturated carbocycles. The number of hydrogen-bond donors (Lipinski definition) is 2. The van der Waals surface area contributed by atoms with Crippen molar-refractivity contribution in [3.63, 3.8) is 0 Å². The Morgan fingerprint density at radius 1 is 1.56 bits per heavy atom. The molecule has 1 atom stereocenters. The number of nitrogens with two attached hydrogens (primary N) is 1. The molecule has 3 rings (SSSR count). The Hall–Kier alpha value is -1.90. The van der Waals surface area contributed by atoms with E-state index in [1.165, 1.54) is 12.0 Å². The first kappa shape index (κ1) is 17.9. The third-order valence-corrected chi connectivity index (χ3v) is 5.28. The van der Waals surface area contributed by atoms with E-state index in [2.05, 4.69) is 26.2 Å². The van der Waals surface area contributed by atoms with E-state index < -0.39 is 5.97 Å². The molecular formula is C17H18BrN3O3S. The van der Waals surface area contributed by atoms with Gasteiger partial charge >= 0.3 is 5.97 Å². The summed E-state index contributed by atoms with van der Waals surface area (Å²) < 4.78 is 11.5. The number of carbonyl (C=O) groups is 1. The zero-order valence-electron chi connectivity index (χ0n) is 13.8. The van der Waals surface area contributed by atoms with Crippen molar-refractivity contribution < 1.29 is 13.9 Å². The molecule has 0 aliphatic rings. The highest BCUT2D eigenvalue weighted by atomic mass is 79.9. The van der Waals surface area contributed by atoms with Crippen molar-refractivity contribution in [2.45, 2.75) is 25.9 Å². The first-order chi connectivity index (χ1) is 12.0. The molecule has 0 unspecified atom stereocenters. The Bertz CT molecular complexity index is 890.